The van der Waals surface area contributed by atoms with Gasteiger partial charge in [-0.1, -0.05) is 0 Å². The first-order valence-corrected chi connectivity index (χ1v) is 8.16. The van der Waals surface area contributed by atoms with E-state index in [1.54, 1.807) is 11.5 Å². The Bertz CT molecular complexity index is 1100. The summed E-state index contributed by atoms with van der Waals surface area (Å²) < 4.78 is 33.8. The fraction of sp³-hybridized carbons (Fsp3) is 0.316. The molecule has 136 valence electrons. The summed E-state index contributed by atoms with van der Waals surface area (Å²) in [7, 11) is 0. The molecule has 7 heteroatoms. The number of carbonyl (C=O) groups excluding carboxylic acids is 1. The van der Waals surface area contributed by atoms with E-state index in [1.165, 1.54) is 12.3 Å². The van der Waals surface area contributed by atoms with E-state index in [0.717, 1.165) is 12.1 Å². The topological polar surface area (TPSA) is 61.2 Å². The predicted molar refractivity (Wildman–Crippen MR) is 94.4 cm³/mol. The molecule has 0 atom stereocenters. The number of pyridine rings is 2. The average Bonchev–Trinajstić information content (AvgIpc) is 2.54. The third-order valence-electron chi connectivity index (χ3n) is 4.03. The average molecular weight is 360 g/mol. The van der Waals surface area contributed by atoms with Crippen LogP contribution in [0.5, 0.6) is 0 Å². The molecule has 0 saturated carbocycles. The fourth-order valence-electron chi connectivity index (χ4n) is 2.77. The summed E-state index contributed by atoms with van der Waals surface area (Å²) in [6.45, 7) is 7.41. The molecule has 0 aliphatic rings. The molecule has 0 N–H and O–H groups in total. The molecular formula is C19H18F2N2O3. The Balaban J connectivity index is 2.47. The smallest absolute Gasteiger partial charge is 0.343 e. The van der Waals surface area contributed by atoms with Crippen molar-refractivity contribution in [1.82, 2.24) is 9.55 Å². The maximum atomic E-state index is 13.6. The van der Waals surface area contributed by atoms with Gasteiger partial charge in [0.2, 0.25) is 5.43 Å². The van der Waals surface area contributed by atoms with Gasteiger partial charge in [-0.2, -0.15) is 0 Å². The number of aromatic nitrogens is 2. The number of ether oxygens (including phenoxy) is 1. The number of benzene rings is 1. The quantitative estimate of drug-likeness (QED) is 0.516. The van der Waals surface area contributed by atoms with Crippen LogP contribution in [0.4, 0.5) is 8.78 Å². The molecular weight excluding hydrogens is 342 g/mol. The lowest BCUT2D eigenvalue weighted by Crippen LogP contribution is -2.28. The first-order chi connectivity index (χ1) is 12.1. The predicted octanol–water partition coefficient (Wildman–Crippen LogP) is 3.76. The molecule has 0 bridgehead atoms. The normalized spacial score (nSPS) is 11.9. The molecule has 5 nitrogen and oxygen atoms in total. The van der Waals surface area contributed by atoms with Gasteiger partial charge in [-0.3, -0.25) is 4.79 Å². The summed E-state index contributed by atoms with van der Waals surface area (Å²) in [4.78, 5) is 29.3. The number of carbonyl (C=O) groups is 1. The number of hydrogen-bond acceptors (Lipinski definition) is 4. The maximum absolute atomic E-state index is 13.6. The highest BCUT2D eigenvalue weighted by Gasteiger charge is 2.23. The molecule has 0 amide bonds. The van der Waals surface area contributed by atoms with E-state index in [9.17, 15) is 18.4 Å². The molecule has 0 unspecified atom stereocenters. The van der Waals surface area contributed by atoms with Crippen LogP contribution in [0, 0.1) is 11.6 Å². The Labute approximate surface area is 148 Å². The molecule has 0 spiro atoms. The summed E-state index contributed by atoms with van der Waals surface area (Å²) in [5, 5.41) is 0.416. The standard InChI is InChI=1S/C19H18F2N2O3/c1-5-26-18(25)12-9-23(19(2,3)4)17-11(16(12)24)6-10-7-13(20)14(21)8-15(10)22-17/h6-9H,5H2,1-4H3. The summed E-state index contributed by atoms with van der Waals surface area (Å²) in [5.41, 5.74) is -0.699. The number of nitrogens with zero attached hydrogens (tertiary/aromatic N) is 2. The highest BCUT2D eigenvalue weighted by molar-refractivity contribution is 5.96. The second kappa shape index (κ2) is 6.16. The Morgan fingerprint density at radius 3 is 2.46 bits per heavy atom. The summed E-state index contributed by atoms with van der Waals surface area (Å²) in [6, 6.07) is 3.39. The van der Waals surface area contributed by atoms with Crippen molar-refractivity contribution in [3.63, 3.8) is 0 Å². The minimum atomic E-state index is -1.03. The summed E-state index contributed by atoms with van der Waals surface area (Å²) in [6.07, 6.45) is 1.40. The third kappa shape index (κ3) is 2.94. The number of esters is 1. The van der Waals surface area contributed by atoms with Gasteiger partial charge in [-0.05, 0) is 39.8 Å². The van der Waals surface area contributed by atoms with E-state index in [-0.39, 0.29) is 34.1 Å². The second-order valence-corrected chi connectivity index (χ2v) is 6.95. The van der Waals surface area contributed by atoms with E-state index in [2.05, 4.69) is 4.98 Å². The number of hydrogen-bond donors (Lipinski definition) is 0. The Morgan fingerprint density at radius 2 is 1.85 bits per heavy atom. The van der Waals surface area contributed by atoms with Crippen LogP contribution in [0.1, 0.15) is 38.1 Å². The number of halogens is 2. The lowest BCUT2D eigenvalue weighted by atomic mass is 10.0. The van der Waals surface area contributed by atoms with Crippen molar-refractivity contribution >= 4 is 27.9 Å². The van der Waals surface area contributed by atoms with Crippen LogP contribution in [0.3, 0.4) is 0 Å². The summed E-state index contributed by atoms with van der Waals surface area (Å²) >= 11 is 0. The van der Waals surface area contributed by atoms with Gasteiger partial charge >= 0.3 is 5.97 Å². The van der Waals surface area contributed by atoms with Crippen molar-refractivity contribution in [1.29, 1.82) is 0 Å². The van der Waals surface area contributed by atoms with Crippen LogP contribution in [-0.4, -0.2) is 22.1 Å². The van der Waals surface area contributed by atoms with Gasteiger partial charge in [-0.25, -0.2) is 18.6 Å². The van der Waals surface area contributed by atoms with Crippen molar-refractivity contribution in [3.05, 3.63) is 51.8 Å². The van der Waals surface area contributed by atoms with E-state index in [4.69, 9.17) is 4.74 Å². The minimum absolute atomic E-state index is 0.127. The highest BCUT2D eigenvalue weighted by Crippen LogP contribution is 2.25. The lowest BCUT2D eigenvalue weighted by molar-refractivity contribution is 0.0524. The minimum Gasteiger partial charge on any atom is -0.462 e. The molecule has 0 radical (unpaired) electrons. The van der Waals surface area contributed by atoms with Crippen LogP contribution in [0.2, 0.25) is 0 Å². The van der Waals surface area contributed by atoms with Gasteiger partial charge in [0, 0.05) is 23.2 Å². The van der Waals surface area contributed by atoms with Crippen molar-refractivity contribution < 1.29 is 18.3 Å². The monoisotopic (exact) mass is 360 g/mol. The Hall–Kier alpha value is -2.83. The van der Waals surface area contributed by atoms with Crippen molar-refractivity contribution in [3.8, 4) is 0 Å². The molecule has 0 fully saturated rings. The van der Waals surface area contributed by atoms with Gasteiger partial charge in [0.25, 0.3) is 0 Å². The molecule has 2 heterocycles. The molecule has 0 aliphatic heterocycles. The van der Waals surface area contributed by atoms with Crippen LogP contribution in [-0.2, 0) is 10.3 Å². The third-order valence-corrected chi connectivity index (χ3v) is 4.03. The Kier molecular flexibility index (Phi) is 4.26. The van der Waals surface area contributed by atoms with Gasteiger partial charge in [0.05, 0.1) is 17.5 Å². The van der Waals surface area contributed by atoms with Gasteiger partial charge in [0.15, 0.2) is 11.6 Å². The first kappa shape index (κ1) is 18.0. The van der Waals surface area contributed by atoms with Gasteiger partial charge < -0.3 is 9.30 Å². The highest BCUT2D eigenvalue weighted by atomic mass is 19.2. The van der Waals surface area contributed by atoms with Gasteiger partial charge in [-0.15, -0.1) is 0 Å². The van der Waals surface area contributed by atoms with E-state index in [0.29, 0.717) is 0 Å². The molecule has 26 heavy (non-hydrogen) atoms. The van der Waals surface area contributed by atoms with E-state index >= 15 is 0 Å². The molecule has 0 aliphatic carbocycles. The van der Waals surface area contributed by atoms with E-state index < -0.39 is 28.6 Å². The lowest BCUT2D eigenvalue weighted by Gasteiger charge is -2.25. The molecule has 2 aromatic heterocycles. The summed E-state index contributed by atoms with van der Waals surface area (Å²) in [5.74, 6) is -2.78. The van der Waals surface area contributed by atoms with Gasteiger partial charge in [0.1, 0.15) is 11.2 Å². The molecule has 3 rings (SSSR count). The Morgan fingerprint density at radius 1 is 1.19 bits per heavy atom. The van der Waals surface area contributed by atoms with E-state index in [1.807, 2.05) is 20.8 Å². The van der Waals surface area contributed by atoms with Crippen LogP contribution in [0.25, 0.3) is 21.9 Å². The zero-order valence-electron chi connectivity index (χ0n) is 14.9. The van der Waals surface area contributed by atoms with Crippen LogP contribution >= 0.6 is 0 Å². The fourth-order valence-corrected chi connectivity index (χ4v) is 2.77. The maximum Gasteiger partial charge on any atom is 0.343 e. The van der Waals surface area contributed by atoms with Crippen LogP contribution < -0.4 is 5.43 Å². The van der Waals surface area contributed by atoms with Crippen LogP contribution in [0.15, 0.2) is 29.2 Å². The van der Waals surface area contributed by atoms with Crippen molar-refractivity contribution in [2.24, 2.45) is 0 Å². The molecule has 1 aromatic carbocycles. The first-order valence-electron chi connectivity index (χ1n) is 8.16. The van der Waals surface area contributed by atoms with Crippen molar-refractivity contribution in [2.45, 2.75) is 33.2 Å². The second-order valence-electron chi connectivity index (χ2n) is 6.95. The zero-order chi connectivity index (χ0) is 19.2. The SMILES string of the molecule is CCOC(=O)c1cn(C(C)(C)C)c2nc3cc(F)c(F)cc3cc2c1=O. The molecule has 3 aromatic rings. The largest absolute Gasteiger partial charge is 0.462 e. The molecule has 0 saturated heterocycles. The zero-order valence-corrected chi connectivity index (χ0v) is 14.9. The number of rotatable bonds is 2. The number of fused-ring (bicyclic) bond motifs is 2. The van der Waals surface area contributed by atoms with Crippen molar-refractivity contribution in [2.75, 3.05) is 6.61 Å².